The number of rotatable bonds is 6. The van der Waals surface area contributed by atoms with Crippen LogP contribution in [-0.2, 0) is 18.3 Å². The van der Waals surface area contributed by atoms with Crippen LogP contribution in [-0.4, -0.2) is 26.4 Å². The monoisotopic (exact) mass is 290 g/mol. The molecule has 106 valence electrons. The van der Waals surface area contributed by atoms with Gasteiger partial charge in [-0.05, 0) is 24.1 Å². The predicted molar refractivity (Wildman–Crippen MR) is 80.8 cm³/mol. The van der Waals surface area contributed by atoms with Crippen LogP contribution in [0.4, 0.5) is 5.69 Å². The molecule has 0 bridgehead atoms. The molecule has 0 unspecified atom stereocenters. The highest BCUT2D eigenvalue weighted by Crippen LogP contribution is 2.15. The lowest BCUT2D eigenvalue weighted by Crippen LogP contribution is -2.12. The van der Waals surface area contributed by atoms with Gasteiger partial charge in [0.25, 0.3) is 0 Å². The molecule has 0 aliphatic carbocycles. The fourth-order valence-corrected chi connectivity index (χ4v) is 2.56. The Hall–Kier alpha value is -1.82. The zero-order chi connectivity index (χ0) is 14.4. The number of hydrogen-bond donors (Lipinski definition) is 1. The van der Waals surface area contributed by atoms with Crippen molar-refractivity contribution >= 4 is 23.4 Å². The summed E-state index contributed by atoms with van der Waals surface area (Å²) in [6.07, 6.45) is 3.07. The summed E-state index contributed by atoms with van der Waals surface area (Å²) in [5.41, 5.74) is 2.08. The van der Waals surface area contributed by atoms with Crippen LogP contribution in [0.15, 0.2) is 35.7 Å². The molecule has 0 spiro atoms. The number of hydrogen-bond acceptors (Lipinski definition) is 4. The van der Waals surface area contributed by atoms with Crippen molar-refractivity contribution in [3.05, 3.63) is 36.2 Å². The Morgan fingerprint density at radius 1 is 1.45 bits per heavy atom. The standard InChI is InChI=1S/C14H18N4OS/c1-3-11-5-4-6-12(9-11)16-13(19)7-8-20-14-17-15-10-18(14)2/h4-6,9-10H,3,7-8H2,1-2H3,(H,16,19). The van der Waals surface area contributed by atoms with Gasteiger partial charge in [0.05, 0.1) is 0 Å². The van der Waals surface area contributed by atoms with E-state index in [1.54, 1.807) is 6.33 Å². The molecule has 6 heteroatoms. The third-order valence-corrected chi connectivity index (χ3v) is 3.89. The first kappa shape index (κ1) is 14.6. The molecule has 1 aromatic heterocycles. The van der Waals surface area contributed by atoms with Gasteiger partial charge in [-0.25, -0.2) is 0 Å². The van der Waals surface area contributed by atoms with E-state index in [0.29, 0.717) is 12.2 Å². The van der Waals surface area contributed by atoms with Crippen LogP contribution in [0.25, 0.3) is 0 Å². The summed E-state index contributed by atoms with van der Waals surface area (Å²) < 4.78 is 1.84. The van der Waals surface area contributed by atoms with Crippen molar-refractivity contribution in [1.82, 2.24) is 14.8 Å². The number of nitrogens with one attached hydrogen (secondary N) is 1. The Kier molecular flexibility index (Phi) is 5.17. The highest BCUT2D eigenvalue weighted by molar-refractivity contribution is 7.99. The highest BCUT2D eigenvalue weighted by atomic mass is 32.2. The predicted octanol–water partition coefficient (Wildman–Crippen LogP) is 2.50. The molecule has 2 aromatic rings. The molecule has 0 saturated carbocycles. The lowest BCUT2D eigenvalue weighted by molar-refractivity contribution is -0.115. The summed E-state index contributed by atoms with van der Waals surface area (Å²) in [4.78, 5) is 11.9. The van der Waals surface area contributed by atoms with E-state index in [2.05, 4.69) is 28.5 Å². The minimum absolute atomic E-state index is 0.0212. The maximum atomic E-state index is 11.9. The molecular weight excluding hydrogens is 272 g/mol. The molecule has 1 amide bonds. The van der Waals surface area contributed by atoms with E-state index in [4.69, 9.17) is 0 Å². The summed E-state index contributed by atoms with van der Waals surface area (Å²) in [7, 11) is 1.89. The molecule has 20 heavy (non-hydrogen) atoms. The molecule has 2 rings (SSSR count). The van der Waals surface area contributed by atoms with Crippen molar-refractivity contribution in [2.24, 2.45) is 7.05 Å². The van der Waals surface area contributed by atoms with Gasteiger partial charge in [0.15, 0.2) is 5.16 Å². The number of benzene rings is 1. The molecule has 0 radical (unpaired) electrons. The second kappa shape index (κ2) is 7.09. The smallest absolute Gasteiger partial charge is 0.225 e. The van der Waals surface area contributed by atoms with Gasteiger partial charge in [-0.15, -0.1) is 10.2 Å². The SMILES string of the molecule is CCc1cccc(NC(=O)CCSc2nncn2C)c1. The van der Waals surface area contributed by atoms with Crippen molar-refractivity contribution in [1.29, 1.82) is 0 Å². The minimum Gasteiger partial charge on any atom is -0.326 e. The molecular formula is C14H18N4OS. The Labute approximate surface area is 122 Å². The number of aryl methyl sites for hydroxylation is 2. The number of nitrogens with zero attached hydrogens (tertiary/aromatic N) is 3. The van der Waals surface area contributed by atoms with Crippen LogP contribution in [0, 0.1) is 0 Å². The molecule has 1 aromatic carbocycles. The first-order valence-corrected chi connectivity index (χ1v) is 7.53. The third kappa shape index (κ3) is 4.09. The van der Waals surface area contributed by atoms with E-state index in [1.165, 1.54) is 17.3 Å². The van der Waals surface area contributed by atoms with Gasteiger partial charge in [0.1, 0.15) is 6.33 Å². The Balaban J connectivity index is 1.79. The number of carbonyl (C=O) groups is 1. The molecule has 0 atom stereocenters. The molecule has 1 N–H and O–H groups in total. The maximum Gasteiger partial charge on any atom is 0.225 e. The Morgan fingerprint density at radius 3 is 3.00 bits per heavy atom. The zero-order valence-corrected chi connectivity index (χ0v) is 12.5. The lowest BCUT2D eigenvalue weighted by atomic mass is 10.1. The molecule has 0 aliphatic heterocycles. The van der Waals surface area contributed by atoms with Gasteiger partial charge >= 0.3 is 0 Å². The first-order chi connectivity index (χ1) is 9.69. The van der Waals surface area contributed by atoms with Gasteiger partial charge in [0.2, 0.25) is 5.91 Å². The van der Waals surface area contributed by atoms with Crippen LogP contribution in [0.1, 0.15) is 18.9 Å². The topological polar surface area (TPSA) is 59.8 Å². The number of carbonyl (C=O) groups excluding carboxylic acids is 1. The van der Waals surface area contributed by atoms with Gasteiger partial charge in [-0.3, -0.25) is 4.79 Å². The van der Waals surface area contributed by atoms with Gasteiger partial charge in [0, 0.05) is 24.9 Å². The van der Waals surface area contributed by atoms with Crippen LogP contribution in [0.2, 0.25) is 0 Å². The highest BCUT2D eigenvalue weighted by Gasteiger charge is 2.06. The lowest BCUT2D eigenvalue weighted by Gasteiger charge is -2.06. The maximum absolute atomic E-state index is 11.9. The second-order valence-electron chi connectivity index (χ2n) is 4.42. The summed E-state index contributed by atoms with van der Waals surface area (Å²) in [6.45, 7) is 2.10. The van der Waals surface area contributed by atoms with Gasteiger partial charge in [-0.2, -0.15) is 0 Å². The van der Waals surface area contributed by atoms with Crippen LogP contribution in [0.5, 0.6) is 0 Å². The number of amides is 1. The van der Waals surface area contributed by atoms with E-state index >= 15 is 0 Å². The first-order valence-electron chi connectivity index (χ1n) is 6.54. The second-order valence-corrected chi connectivity index (χ2v) is 5.49. The normalized spacial score (nSPS) is 10.5. The average molecular weight is 290 g/mol. The quantitative estimate of drug-likeness (QED) is 0.830. The van der Waals surface area contributed by atoms with E-state index in [0.717, 1.165) is 17.3 Å². The van der Waals surface area contributed by atoms with Crippen molar-refractivity contribution in [2.45, 2.75) is 24.9 Å². The van der Waals surface area contributed by atoms with E-state index in [9.17, 15) is 4.79 Å². The third-order valence-electron chi connectivity index (χ3n) is 2.85. The minimum atomic E-state index is 0.0212. The average Bonchev–Trinajstić information content (AvgIpc) is 2.85. The fraction of sp³-hybridized carbons (Fsp3) is 0.357. The van der Waals surface area contributed by atoms with Gasteiger partial charge < -0.3 is 9.88 Å². The number of anilines is 1. The molecule has 0 saturated heterocycles. The summed E-state index contributed by atoms with van der Waals surface area (Å²) in [5.74, 6) is 0.708. The van der Waals surface area contributed by atoms with Crippen molar-refractivity contribution in [3.63, 3.8) is 0 Å². The molecule has 0 aliphatic rings. The van der Waals surface area contributed by atoms with Crippen LogP contribution < -0.4 is 5.32 Å². The molecule has 5 nitrogen and oxygen atoms in total. The van der Waals surface area contributed by atoms with Crippen LogP contribution in [0.3, 0.4) is 0 Å². The van der Waals surface area contributed by atoms with E-state index in [-0.39, 0.29) is 5.91 Å². The number of thioether (sulfide) groups is 1. The van der Waals surface area contributed by atoms with Crippen molar-refractivity contribution in [2.75, 3.05) is 11.1 Å². The molecule has 0 fully saturated rings. The van der Waals surface area contributed by atoms with E-state index in [1.807, 2.05) is 29.8 Å². The Morgan fingerprint density at radius 2 is 2.30 bits per heavy atom. The van der Waals surface area contributed by atoms with Crippen molar-refractivity contribution < 1.29 is 4.79 Å². The van der Waals surface area contributed by atoms with Gasteiger partial charge in [-0.1, -0.05) is 30.8 Å². The summed E-state index contributed by atoms with van der Waals surface area (Å²) in [6, 6.07) is 7.93. The molecule has 1 heterocycles. The fourth-order valence-electron chi connectivity index (χ4n) is 1.73. The van der Waals surface area contributed by atoms with E-state index < -0.39 is 0 Å². The van der Waals surface area contributed by atoms with Crippen molar-refractivity contribution in [3.8, 4) is 0 Å². The number of aromatic nitrogens is 3. The van der Waals surface area contributed by atoms with Crippen LogP contribution >= 0.6 is 11.8 Å². The zero-order valence-electron chi connectivity index (χ0n) is 11.7. The Bertz CT molecular complexity index is 582. The summed E-state index contributed by atoms with van der Waals surface area (Å²) in [5, 5.41) is 11.5. The summed E-state index contributed by atoms with van der Waals surface area (Å²) >= 11 is 1.53. The largest absolute Gasteiger partial charge is 0.326 e.